The predicted octanol–water partition coefficient (Wildman–Crippen LogP) is -0.205. The molecule has 78 valence electrons. The van der Waals surface area contributed by atoms with Gasteiger partial charge in [0, 0.05) is 7.11 Å². The molecule has 0 aliphatic heterocycles. The van der Waals surface area contributed by atoms with Crippen LogP contribution in [0.25, 0.3) is 0 Å². The summed E-state index contributed by atoms with van der Waals surface area (Å²) < 4.78 is 10.4. The zero-order valence-corrected chi connectivity index (χ0v) is 9.95. The van der Waals surface area contributed by atoms with Crippen LogP contribution in [-0.4, -0.2) is 20.0 Å². The number of hydrogen-bond donors (Lipinski definition) is 0. The molecule has 0 saturated carbocycles. The fourth-order valence-electron chi connectivity index (χ4n) is 1.18. The van der Waals surface area contributed by atoms with Gasteiger partial charge < -0.3 is 16.1 Å². The summed E-state index contributed by atoms with van der Waals surface area (Å²) in [7, 11) is 1.63. The Morgan fingerprint density at radius 1 is 1.43 bits per heavy atom. The van der Waals surface area contributed by atoms with Gasteiger partial charge >= 0.3 is 18.9 Å². The van der Waals surface area contributed by atoms with Gasteiger partial charge in [0.15, 0.2) is 0 Å². The summed E-state index contributed by atoms with van der Waals surface area (Å²) in [5.74, 6) is 0.293. The molecule has 2 nitrogen and oxygen atoms in total. The minimum absolute atomic E-state index is 0. The van der Waals surface area contributed by atoms with Gasteiger partial charge in [0.2, 0.25) is 0 Å². The zero-order valence-electron chi connectivity index (χ0n) is 9.95. The number of rotatable bonds is 8. The Bertz CT molecular complexity index is 120. The van der Waals surface area contributed by atoms with Crippen LogP contribution in [0.3, 0.4) is 0 Å². The first-order valence-corrected chi connectivity index (χ1v) is 4.91. The molecule has 0 aromatic heterocycles. The van der Waals surface area contributed by atoms with Crippen LogP contribution in [0.15, 0.2) is 6.08 Å². The third-order valence-electron chi connectivity index (χ3n) is 2.13. The second kappa shape index (κ2) is 11.3. The first-order valence-electron chi connectivity index (χ1n) is 4.91. The van der Waals surface area contributed by atoms with E-state index in [0.717, 1.165) is 6.42 Å². The average Bonchev–Trinajstić information content (AvgIpc) is 2.17. The molecule has 0 radical (unpaired) electrons. The van der Waals surface area contributed by atoms with E-state index in [9.17, 15) is 0 Å². The van der Waals surface area contributed by atoms with Crippen LogP contribution in [0.4, 0.5) is 0 Å². The second-order valence-corrected chi connectivity index (χ2v) is 3.31. The van der Waals surface area contributed by atoms with Crippen LogP contribution >= 0.6 is 0 Å². The van der Waals surface area contributed by atoms with Crippen molar-refractivity contribution >= 4 is 0 Å². The smallest absolute Gasteiger partial charge is 0.518 e. The standard InChI is InChI=1S/C11H21O2.Li/c1-5-7-8-11(10(3)6-2)13-9-12-4;/h2,6,10-11H,5,7-9H2,1,3-4H3;/q-1;+1/t10-,11-;/m0./s1. The Balaban J connectivity index is 0. The van der Waals surface area contributed by atoms with Crippen LogP contribution in [0.5, 0.6) is 0 Å². The molecule has 0 aliphatic carbocycles. The molecule has 0 amide bonds. The van der Waals surface area contributed by atoms with E-state index in [1.165, 1.54) is 12.8 Å². The van der Waals surface area contributed by atoms with Crippen molar-refractivity contribution in [3.8, 4) is 0 Å². The molecular formula is C11H21LiO2. The van der Waals surface area contributed by atoms with Gasteiger partial charge in [-0.25, -0.2) is 0 Å². The van der Waals surface area contributed by atoms with E-state index in [2.05, 4.69) is 13.8 Å². The molecule has 0 aliphatic rings. The zero-order chi connectivity index (χ0) is 10.1. The Labute approximate surface area is 100 Å². The van der Waals surface area contributed by atoms with E-state index in [1.807, 2.05) is 0 Å². The normalized spacial score (nSPS) is 14.2. The van der Waals surface area contributed by atoms with Gasteiger partial charge in [0.05, 0.1) is 6.10 Å². The summed E-state index contributed by atoms with van der Waals surface area (Å²) in [5.41, 5.74) is 0. The maximum absolute atomic E-state index is 5.51. The van der Waals surface area contributed by atoms with E-state index < -0.39 is 0 Å². The number of unbranched alkanes of at least 4 members (excludes halogenated alkanes) is 1. The van der Waals surface area contributed by atoms with Crippen LogP contribution in [0.1, 0.15) is 33.1 Å². The molecule has 0 fully saturated rings. The summed E-state index contributed by atoms with van der Waals surface area (Å²) in [4.78, 5) is 0. The summed E-state index contributed by atoms with van der Waals surface area (Å²) in [6, 6.07) is 0. The molecule has 2 atom stereocenters. The summed E-state index contributed by atoms with van der Waals surface area (Å²) >= 11 is 0. The third kappa shape index (κ3) is 7.64. The molecule has 3 heteroatoms. The molecule has 0 unspecified atom stereocenters. The quantitative estimate of drug-likeness (QED) is 0.301. The van der Waals surface area contributed by atoms with E-state index in [1.54, 1.807) is 13.2 Å². The molecular weight excluding hydrogens is 171 g/mol. The van der Waals surface area contributed by atoms with E-state index in [4.69, 9.17) is 16.1 Å². The Kier molecular flexibility index (Phi) is 13.5. The topological polar surface area (TPSA) is 18.5 Å². The SMILES string of the molecule is [CH-]=C[C@H](C)[C@H](CCCC)OCOC.[Li+]. The van der Waals surface area contributed by atoms with Gasteiger partial charge in [0.1, 0.15) is 6.79 Å². The van der Waals surface area contributed by atoms with E-state index in [-0.39, 0.29) is 25.0 Å². The summed E-state index contributed by atoms with van der Waals surface area (Å²) in [5, 5.41) is 0. The minimum Gasteiger partial charge on any atom is -0.518 e. The molecule has 0 saturated heterocycles. The molecule has 0 N–H and O–H groups in total. The number of hydrogen-bond acceptors (Lipinski definition) is 2. The van der Waals surface area contributed by atoms with Gasteiger partial charge in [-0.05, 0) is 12.3 Å². The van der Waals surface area contributed by atoms with Gasteiger partial charge in [-0.2, -0.15) is 0 Å². The van der Waals surface area contributed by atoms with Gasteiger partial charge in [-0.1, -0.05) is 26.7 Å². The molecule has 14 heavy (non-hydrogen) atoms. The van der Waals surface area contributed by atoms with Crippen molar-refractivity contribution in [2.75, 3.05) is 13.9 Å². The fourth-order valence-corrected chi connectivity index (χ4v) is 1.18. The van der Waals surface area contributed by atoms with Crippen molar-refractivity contribution in [2.45, 2.75) is 39.2 Å². The minimum atomic E-state index is 0. The number of ether oxygens (including phenoxy) is 2. The molecule has 0 aromatic carbocycles. The van der Waals surface area contributed by atoms with Crippen molar-refractivity contribution < 1.29 is 28.3 Å². The molecule has 0 heterocycles. The third-order valence-corrected chi connectivity index (χ3v) is 2.13. The van der Waals surface area contributed by atoms with Gasteiger partial charge in [-0.15, -0.1) is 0 Å². The molecule has 0 rings (SSSR count). The summed E-state index contributed by atoms with van der Waals surface area (Å²) in [6.45, 7) is 10.1. The van der Waals surface area contributed by atoms with Crippen molar-refractivity contribution in [1.82, 2.24) is 0 Å². The molecule has 0 spiro atoms. The predicted molar refractivity (Wildman–Crippen MR) is 54.3 cm³/mol. The van der Waals surface area contributed by atoms with Crippen LogP contribution in [0.2, 0.25) is 0 Å². The van der Waals surface area contributed by atoms with Crippen LogP contribution < -0.4 is 18.9 Å². The maximum atomic E-state index is 5.51. The van der Waals surface area contributed by atoms with E-state index in [0.29, 0.717) is 12.7 Å². The van der Waals surface area contributed by atoms with Gasteiger partial charge in [-0.3, -0.25) is 6.08 Å². The maximum Gasteiger partial charge on any atom is 1.00 e. The van der Waals surface area contributed by atoms with Crippen molar-refractivity contribution in [1.29, 1.82) is 0 Å². The average molecular weight is 192 g/mol. The van der Waals surface area contributed by atoms with E-state index >= 15 is 0 Å². The Morgan fingerprint density at radius 3 is 2.50 bits per heavy atom. The Hall–Kier alpha value is 0.257. The van der Waals surface area contributed by atoms with Crippen molar-refractivity contribution in [3.05, 3.63) is 12.7 Å². The number of methoxy groups -OCH3 is 1. The summed E-state index contributed by atoms with van der Waals surface area (Å²) in [6.07, 6.45) is 5.30. The molecule has 0 bridgehead atoms. The van der Waals surface area contributed by atoms with Crippen LogP contribution in [-0.2, 0) is 9.47 Å². The monoisotopic (exact) mass is 192 g/mol. The molecule has 0 aromatic rings. The van der Waals surface area contributed by atoms with Crippen LogP contribution in [0, 0.1) is 12.5 Å². The largest absolute Gasteiger partial charge is 1.00 e. The second-order valence-electron chi connectivity index (χ2n) is 3.31. The first-order chi connectivity index (χ1) is 6.26. The fraction of sp³-hybridized carbons (Fsp3) is 0.818. The first kappa shape index (κ1) is 16.7. The van der Waals surface area contributed by atoms with Crippen molar-refractivity contribution in [2.24, 2.45) is 5.92 Å². The van der Waals surface area contributed by atoms with Gasteiger partial charge in [0.25, 0.3) is 0 Å². The Morgan fingerprint density at radius 2 is 2.07 bits per heavy atom. The van der Waals surface area contributed by atoms with Crippen molar-refractivity contribution in [3.63, 3.8) is 0 Å².